The normalized spacial score (nSPS) is 12.6. The zero-order valence-corrected chi connectivity index (χ0v) is 15.2. The Balaban J connectivity index is 1.96. The van der Waals surface area contributed by atoms with E-state index in [-0.39, 0.29) is 11.9 Å². The van der Waals surface area contributed by atoms with Gasteiger partial charge in [-0.2, -0.15) is 0 Å². The third kappa shape index (κ3) is 4.68. The van der Waals surface area contributed by atoms with E-state index >= 15 is 0 Å². The monoisotopic (exact) mass is 329 g/mol. The van der Waals surface area contributed by atoms with Crippen molar-refractivity contribution >= 4 is 5.91 Å². The van der Waals surface area contributed by atoms with Gasteiger partial charge in [0.15, 0.2) is 11.5 Å². The smallest absolute Gasteiger partial charge is 0.276 e. The molecule has 24 heavy (non-hydrogen) atoms. The predicted octanol–water partition coefficient (Wildman–Crippen LogP) is 3.42. The molecule has 0 aliphatic heterocycles. The van der Waals surface area contributed by atoms with Crippen LogP contribution in [0.3, 0.4) is 0 Å². The summed E-state index contributed by atoms with van der Waals surface area (Å²) in [5.41, 5.74) is 1.61. The maximum Gasteiger partial charge on any atom is 0.276 e. The number of benzene rings is 1. The maximum absolute atomic E-state index is 12.5. The van der Waals surface area contributed by atoms with Crippen LogP contribution < -0.4 is 0 Å². The summed E-state index contributed by atoms with van der Waals surface area (Å²) in [6.45, 7) is 7.66. The molecule has 2 aromatic rings. The molecule has 1 aromatic heterocycles. The quantitative estimate of drug-likeness (QED) is 0.781. The van der Waals surface area contributed by atoms with Crippen LogP contribution in [0.1, 0.15) is 42.6 Å². The molecule has 0 bridgehead atoms. The van der Waals surface area contributed by atoms with Gasteiger partial charge in [0.2, 0.25) is 0 Å². The molecule has 0 saturated heterocycles. The van der Waals surface area contributed by atoms with Crippen molar-refractivity contribution in [2.75, 3.05) is 14.1 Å². The van der Waals surface area contributed by atoms with Crippen LogP contribution in [-0.4, -0.2) is 41.0 Å². The average Bonchev–Trinajstić information content (AvgIpc) is 3.01. The van der Waals surface area contributed by atoms with E-state index in [1.54, 1.807) is 11.0 Å². The standard InChI is InChI=1S/C19H27N3O2/c1-14(2)15(3)22(5)19(23)18-11-17(24-20-18)13-21(4)12-16-9-7-6-8-10-16/h6-11,14-15H,12-13H2,1-5H3. The van der Waals surface area contributed by atoms with Crippen LogP contribution in [0, 0.1) is 5.92 Å². The van der Waals surface area contributed by atoms with Crippen molar-refractivity contribution in [3.8, 4) is 0 Å². The van der Waals surface area contributed by atoms with Gasteiger partial charge in [0, 0.05) is 25.7 Å². The minimum atomic E-state index is -0.100. The number of aromatic nitrogens is 1. The third-order valence-electron chi connectivity index (χ3n) is 4.40. The van der Waals surface area contributed by atoms with Crippen LogP contribution in [0.2, 0.25) is 0 Å². The number of carbonyl (C=O) groups is 1. The summed E-state index contributed by atoms with van der Waals surface area (Å²) in [6.07, 6.45) is 0. The van der Waals surface area contributed by atoms with Gasteiger partial charge in [-0.3, -0.25) is 9.69 Å². The molecule has 1 atom stereocenters. The van der Waals surface area contributed by atoms with Gasteiger partial charge in [0.25, 0.3) is 5.91 Å². The fourth-order valence-corrected chi connectivity index (χ4v) is 2.52. The average molecular weight is 329 g/mol. The van der Waals surface area contributed by atoms with Crippen molar-refractivity contribution in [3.05, 3.63) is 53.4 Å². The molecule has 1 unspecified atom stereocenters. The van der Waals surface area contributed by atoms with E-state index in [9.17, 15) is 4.79 Å². The molecule has 0 spiro atoms. The summed E-state index contributed by atoms with van der Waals surface area (Å²) in [4.78, 5) is 16.3. The highest BCUT2D eigenvalue weighted by molar-refractivity contribution is 5.92. The first-order valence-electron chi connectivity index (χ1n) is 8.33. The van der Waals surface area contributed by atoms with Crippen LogP contribution in [-0.2, 0) is 13.1 Å². The van der Waals surface area contributed by atoms with Gasteiger partial charge in [-0.25, -0.2) is 0 Å². The maximum atomic E-state index is 12.5. The van der Waals surface area contributed by atoms with E-state index in [1.807, 2.05) is 39.2 Å². The van der Waals surface area contributed by atoms with Gasteiger partial charge in [0.05, 0.1) is 6.54 Å². The summed E-state index contributed by atoms with van der Waals surface area (Å²) >= 11 is 0. The van der Waals surface area contributed by atoms with Crippen LogP contribution in [0.15, 0.2) is 40.9 Å². The van der Waals surface area contributed by atoms with Gasteiger partial charge in [-0.15, -0.1) is 0 Å². The van der Waals surface area contributed by atoms with E-state index in [0.29, 0.717) is 23.9 Å². The number of carbonyl (C=O) groups excluding carboxylic acids is 1. The van der Waals surface area contributed by atoms with E-state index in [0.717, 1.165) is 6.54 Å². The Morgan fingerprint density at radius 2 is 1.79 bits per heavy atom. The molecule has 0 aliphatic carbocycles. The Labute approximate surface area is 144 Å². The summed E-state index contributed by atoms with van der Waals surface area (Å²) in [5.74, 6) is 0.988. The SMILES string of the molecule is CC(C)C(C)N(C)C(=O)c1cc(CN(C)Cc2ccccc2)on1. The number of hydrogen-bond acceptors (Lipinski definition) is 4. The van der Waals surface area contributed by atoms with Gasteiger partial charge < -0.3 is 9.42 Å². The van der Waals surface area contributed by atoms with E-state index < -0.39 is 0 Å². The predicted molar refractivity (Wildman–Crippen MR) is 94.5 cm³/mol. The molecule has 130 valence electrons. The Bertz CT molecular complexity index is 652. The molecule has 5 heteroatoms. The molecule has 1 aromatic carbocycles. The van der Waals surface area contributed by atoms with E-state index in [2.05, 4.69) is 36.0 Å². The van der Waals surface area contributed by atoms with Crippen LogP contribution in [0.4, 0.5) is 0 Å². The molecule has 0 radical (unpaired) electrons. The summed E-state index contributed by atoms with van der Waals surface area (Å²) < 4.78 is 5.35. The first-order chi connectivity index (χ1) is 11.4. The second kappa shape index (κ2) is 8.11. The second-order valence-electron chi connectivity index (χ2n) is 6.74. The minimum absolute atomic E-state index is 0.100. The fraction of sp³-hybridized carbons (Fsp3) is 0.474. The van der Waals surface area contributed by atoms with Gasteiger partial charge >= 0.3 is 0 Å². The van der Waals surface area contributed by atoms with Crippen molar-refractivity contribution in [2.24, 2.45) is 5.92 Å². The lowest BCUT2D eigenvalue weighted by atomic mass is 10.1. The molecule has 1 amide bonds. The van der Waals surface area contributed by atoms with Crippen molar-refractivity contribution in [3.63, 3.8) is 0 Å². The fourth-order valence-electron chi connectivity index (χ4n) is 2.52. The topological polar surface area (TPSA) is 49.6 Å². The first kappa shape index (κ1) is 18.2. The summed E-state index contributed by atoms with van der Waals surface area (Å²) in [5, 5.41) is 3.95. The molecule has 5 nitrogen and oxygen atoms in total. The lowest BCUT2D eigenvalue weighted by Crippen LogP contribution is -2.38. The molecule has 0 fully saturated rings. The molecule has 0 aliphatic rings. The number of amides is 1. The lowest BCUT2D eigenvalue weighted by Gasteiger charge is -2.27. The number of hydrogen-bond donors (Lipinski definition) is 0. The Kier molecular flexibility index (Phi) is 6.15. The molecule has 0 saturated carbocycles. The highest BCUT2D eigenvalue weighted by Crippen LogP contribution is 2.14. The van der Waals surface area contributed by atoms with Crippen molar-refractivity contribution in [1.82, 2.24) is 15.0 Å². The molecule has 1 heterocycles. The zero-order chi connectivity index (χ0) is 17.7. The van der Waals surface area contributed by atoms with Crippen LogP contribution >= 0.6 is 0 Å². The third-order valence-corrected chi connectivity index (χ3v) is 4.40. The first-order valence-corrected chi connectivity index (χ1v) is 8.33. The highest BCUT2D eigenvalue weighted by atomic mass is 16.5. The Hall–Kier alpha value is -2.14. The number of rotatable bonds is 7. The molecular formula is C19H27N3O2. The van der Waals surface area contributed by atoms with Gasteiger partial charge in [0.1, 0.15) is 0 Å². The minimum Gasteiger partial charge on any atom is -0.359 e. The van der Waals surface area contributed by atoms with Crippen LogP contribution in [0.5, 0.6) is 0 Å². The van der Waals surface area contributed by atoms with Crippen molar-refractivity contribution in [1.29, 1.82) is 0 Å². The molecule has 2 rings (SSSR count). The van der Waals surface area contributed by atoms with Crippen molar-refractivity contribution in [2.45, 2.75) is 39.9 Å². The largest absolute Gasteiger partial charge is 0.359 e. The van der Waals surface area contributed by atoms with E-state index in [1.165, 1.54) is 5.56 Å². The van der Waals surface area contributed by atoms with Gasteiger partial charge in [-0.05, 0) is 25.5 Å². The van der Waals surface area contributed by atoms with E-state index in [4.69, 9.17) is 4.52 Å². The Morgan fingerprint density at radius 1 is 1.12 bits per heavy atom. The summed E-state index contributed by atoms with van der Waals surface area (Å²) in [7, 11) is 3.83. The van der Waals surface area contributed by atoms with Gasteiger partial charge in [-0.1, -0.05) is 49.3 Å². The Morgan fingerprint density at radius 3 is 2.42 bits per heavy atom. The van der Waals surface area contributed by atoms with Crippen molar-refractivity contribution < 1.29 is 9.32 Å². The second-order valence-corrected chi connectivity index (χ2v) is 6.74. The molecular weight excluding hydrogens is 302 g/mol. The lowest BCUT2D eigenvalue weighted by molar-refractivity contribution is 0.0696. The zero-order valence-electron chi connectivity index (χ0n) is 15.2. The molecule has 0 N–H and O–H groups in total. The highest BCUT2D eigenvalue weighted by Gasteiger charge is 2.23. The van der Waals surface area contributed by atoms with Crippen LogP contribution in [0.25, 0.3) is 0 Å². The summed E-state index contributed by atoms with van der Waals surface area (Å²) in [6, 6.07) is 12.1. The number of nitrogens with zero attached hydrogens (tertiary/aromatic N) is 3.